The smallest absolute Gasteiger partial charge is 0.278 e. The standard InChI is InChI=1S/C24H24ClF3N6OS/c1-14-15(11-34(32-14)20-16(3-2-4-18(20)26)22-29-13-30-31-22)10-33-7-5-23(6-8-33)21-17(9-19(25)36-21)24(27,28)12-35-23/h2-4,9,11,13,17,21H,5-8,10,12H2,1H3,(H,29,30,31). The molecule has 6 rings (SSSR count). The van der Waals surface area contributed by atoms with Crippen LogP contribution in [0.5, 0.6) is 0 Å². The molecule has 1 N–H and O–H groups in total. The molecule has 2 atom stereocenters. The summed E-state index contributed by atoms with van der Waals surface area (Å²) in [6.45, 7) is 3.33. The summed E-state index contributed by atoms with van der Waals surface area (Å²) in [6, 6.07) is 4.78. The number of aromatic amines is 1. The zero-order valence-electron chi connectivity index (χ0n) is 19.4. The van der Waals surface area contributed by atoms with Crippen molar-refractivity contribution in [3.8, 4) is 17.1 Å². The van der Waals surface area contributed by atoms with Gasteiger partial charge in [0.15, 0.2) is 5.82 Å². The van der Waals surface area contributed by atoms with Gasteiger partial charge in [-0.1, -0.05) is 17.7 Å². The number of hydrogen-bond acceptors (Lipinski definition) is 6. The van der Waals surface area contributed by atoms with Gasteiger partial charge in [0.2, 0.25) is 0 Å². The number of aryl methyl sites for hydroxylation is 1. The molecule has 3 aliphatic rings. The maximum atomic E-state index is 14.9. The second-order valence-corrected chi connectivity index (χ2v) is 11.4. The van der Waals surface area contributed by atoms with E-state index in [2.05, 4.69) is 25.2 Å². The maximum Gasteiger partial charge on any atom is 0.278 e. The molecule has 5 heterocycles. The number of para-hydroxylation sites is 1. The molecule has 0 amide bonds. The van der Waals surface area contributed by atoms with Gasteiger partial charge in [-0.15, -0.1) is 11.8 Å². The van der Waals surface area contributed by atoms with Crippen molar-refractivity contribution in [3.63, 3.8) is 0 Å². The van der Waals surface area contributed by atoms with Crippen LogP contribution in [0.3, 0.4) is 0 Å². The van der Waals surface area contributed by atoms with Gasteiger partial charge in [-0.05, 0) is 38.0 Å². The number of hydrogen-bond donors (Lipinski definition) is 1. The Balaban J connectivity index is 1.19. The molecule has 190 valence electrons. The van der Waals surface area contributed by atoms with E-state index in [9.17, 15) is 13.2 Å². The van der Waals surface area contributed by atoms with E-state index < -0.39 is 29.9 Å². The molecule has 36 heavy (non-hydrogen) atoms. The molecule has 7 nitrogen and oxygen atoms in total. The predicted molar refractivity (Wildman–Crippen MR) is 131 cm³/mol. The van der Waals surface area contributed by atoms with Crippen LogP contribution in [0.15, 0.2) is 41.2 Å². The van der Waals surface area contributed by atoms with E-state index in [1.54, 1.807) is 16.8 Å². The summed E-state index contributed by atoms with van der Waals surface area (Å²) in [5.74, 6) is -3.76. The fraction of sp³-hybridized carbons (Fsp3) is 0.458. The second kappa shape index (κ2) is 8.90. The average Bonchev–Trinajstić information content (AvgIpc) is 3.59. The van der Waals surface area contributed by atoms with Crippen LogP contribution in [-0.2, 0) is 11.3 Å². The molecule has 0 bridgehead atoms. The summed E-state index contributed by atoms with van der Waals surface area (Å²) in [5, 5.41) is 10.9. The van der Waals surface area contributed by atoms with Gasteiger partial charge in [0, 0.05) is 37.0 Å². The number of alkyl halides is 2. The number of ether oxygens (including phenoxy) is 1. The van der Waals surface area contributed by atoms with Gasteiger partial charge in [0.05, 0.1) is 26.8 Å². The summed E-state index contributed by atoms with van der Waals surface area (Å²) in [4.78, 5) is 6.42. The number of halogens is 4. The minimum absolute atomic E-state index is 0.298. The highest BCUT2D eigenvalue weighted by Gasteiger charge is 2.60. The van der Waals surface area contributed by atoms with Gasteiger partial charge in [-0.3, -0.25) is 10.00 Å². The van der Waals surface area contributed by atoms with Crippen LogP contribution >= 0.6 is 23.4 Å². The van der Waals surface area contributed by atoms with Gasteiger partial charge in [-0.2, -0.15) is 10.2 Å². The van der Waals surface area contributed by atoms with Crippen molar-refractivity contribution in [1.82, 2.24) is 29.9 Å². The maximum absolute atomic E-state index is 14.9. The zero-order valence-corrected chi connectivity index (χ0v) is 21.0. The van der Waals surface area contributed by atoms with E-state index in [0.29, 0.717) is 53.9 Å². The number of piperidine rings is 1. The SMILES string of the molecule is Cc1nn(-c2c(F)cccc2-c2ncn[nH]2)cc1CN1CCC2(CC1)OCC(F)(F)C1C=C(Cl)SC12. The Morgan fingerprint density at radius 1 is 1.28 bits per heavy atom. The first kappa shape index (κ1) is 24.0. The molecule has 0 aliphatic carbocycles. The fourth-order valence-electron chi connectivity index (χ4n) is 5.46. The molecule has 1 spiro atoms. The molecular weight excluding hydrogens is 513 g/mol. The molecule has 3 aliphatic heterocycles. The Morgan fingerprint density at radius 3 is 2.83 bits per heavy atom. The first-order chi connectivity index (χ1) is 17.3. The third kappa shape index (κ3) is 4.06. The molecule has 2 unspecified atom stereocenters. The Hall–Kier alpha value is -2.34. The van der Waals surface area contributed by atoms with Crippen LogP contribution < -0.4 is 0 Å². The van der Waals surface area contributed by atoms with E-state index in [0.717, 1.165) is 11.3 Å². The first-order valence-electron chi connectivity index (χ1n) is 11.7. The fourth-order valence-corrected chi connectivity index (χ4v) is 7.29. The number of allylic oxidation sites excluding steroid dienone is 1. The first-order valence-corrected chi connectivity index (χ1v) is 13.0. The van der Waals surface area contributed by atoms with Crippen molar-refractivity contribution in [2.45, 2.75) is 43.1 Å². The van der Waals surface area contributed by atoms with Crippen molar-refractivity contribution < 1.29 is 17.9 Å². The molecular formula is C24H24ClF3N6OS. The van der Waals surface area contributed by atoms with Crippen molar-refractivity contribution in [3.05, 3.63) is 58.2 Å². The van der Waals surface area contributed by atoms with Gasteiger partial charge < -0.3 is 4.74 Å². The number of likely N-dealkylation sites (tertiary alicyclic amines) is 1. The van der Waals surface area contributed by atoms with Crippen LogP contribution in [0, 0.1) is 18.7 Å². The molecule has 0 saturated carbocycles. The summed E-state index contributed by atoms with van der Waals surface area (Å²) in [6.07, 6.45) is 6.00. The number of fused-ring (bicyclic) bond motifs is 2. The topological polar surface area (TPSA) is 71.9 Å². The van der Waals surface area contributed by atoms with E-state index in [4.69, 9.17) is 16.3 Å². The third-order valence-corrected chi connectivity index (χ3v) is 9.15. The number of nitrogens with one attached hydrogen (secondary N) is 1. The lowest BCUT2D eigenvalue weighted by atomic mass is 9.77. The summed E-state index contributed by atoms with van der Waals surface area (Å²) >= 11 is 7.47. The quantitative estimate of drug-likeness (QED) is 0.510. The minimum atomic E-state index is -2.90. The summed E-state index contributed by atoms with van der Waals surface area (Å²) in [7, 11) is 0. The van der Waals surface area contributed by atoms with E-state index in [1.165, 1.54) is 30.2 Å². The van der Waals surface area contributed by atoms with E-state index >= 15 is 0 Å². The van der Waals surface area contributed by atoms with Crippen LogP contribution in [0.1, 0.15) is 24.1 Å². The van der Waals surface area contributed by atoms with Gasteiger partial charge >= 0.3 is 0 Å². The molecule has 2 saturated heterocycles. The van der Waals surface area contributed by atoms with Gasteiger partial charge in [-0.25, -0.2) is 22.8 Å². The normalized spacial score (nSPS) is 25.2. The van der Waals surface area contributed by atoms with Crippen molar-refractivity contribution in [2.24, 2.45) is 5.92 Å². The van der Waals surface area contributed by atoms with Crippen molar-refractivity contribution >= 4 is 23.4 Å². The van der Waals surface area contributed by atoms with Crippen LogP contribution in [0.4, 0.5) is 13.2 Å². The number of nitrogens with zero attached hydrogens (tertiary/aromatic N) is 5. The molecule has 12 heteroatoms. The third-order valence-electron chi connectivity index (χ3n) is 7.42. The lowest BCUT2D eigenvalue weighted by Crippen LogP contribution is -2.61. The Bertz CT molecular complexity index is 1310. The Kier molecular flexibility index (Phi) is 5.94. The van der Waals surface area contributed by atoms with E-state index in [-0.39, 0.29) is 5.25 Å². The lowest BCUT2D eigenvalue weighted by molar-refractivity contribution is -0.215. The largest absolute Gasteiger partial charge is 0.367 e. The Morgan fingerprint density at radius 2 is 2.08 bits per heavy atom. The van der Waals surface area contributed by atoms with Gasteiger partial charge in [0.25, 0.3) is 5.92 Å². The molecule has 1 aromatic carbocycles. The number of aromatic nitrogens is 5. The van der Waals surface area contributed by atoms with Gasteiger partial charge in [0.1, 0.15) is 24.4 Å². The number of thioether (sulfide) groups is 1. The monoisotopic (exact) mass is 536 g/mol. The highest BCUT2D eigenvalue weighted by atomic mass is 35.5. The molecule has 2 fully saturated rings. The highest BCUT2D eigenvalue weighted by molar-refractivity contribution is 8.05. The zero-order chi connectivity index (χ0) is 25.1. The van der Waals surface area contributed by atoms with Crippen LogP contribution in [-0.4, -0.2) is 66.3 Å². The molecule has 2 aromatic heterocycles. The molecule has 3 aromatic rings. The summed E-state index contributed by atoms with van der Waals surface area (Å²) < 4.78 is 51.7. The predicted octanol–water partition coefficient (Wildman–Crippen LogP) is 4.92. The highest BCUT2D eigenvalue weighted by Crippen LogP contribution is 2.56. The average molecular weight is 537 g/mol. The number of rotatable bonds is 4. The number of H-pyrrole nitrogens is 1. The minimum Gasteiger partial charge on any atom is -0.367 e. The van der Waals surface area contributed by atoms with Crippen LogP contribution in [0.25, 0.3) is 17.1 Å². The van der Waals surface area contributed by atoms with E-state index in [1.807, 2.05) is 13.1 Å². The van der Waals surface area contributed by atoms with Crippen molar-refractivity contribution in [2.75, 3.05) is 19.7 Å². The Labute approximate surface area is 215 Å². The van der Waals surface area contributed by atoms with Crippen molar-refractivity contribution in [1.29, 1.82) is 0 Å². The number of benzene rings is 1. The summed E-state index contributed by atoms with van der Waals surface area (Å²) in [5.41, 5.74) is 2.00. The van der Waals surface area contributed by atoms with Crippen LogP contribution in [0.2, 0.25) is 0 Å². The molecule has 0 radical (unpaired) electrons. The lowest BCUT2D eigenvalue weighted by Gasteiger charge is -2.51. The second-order valence-electron chi connectivity index (χ2n) is 9.58.